The zero-order valence-electron chi connectivity index (χ0n) is 23.3. The molecule has 0 aliphatic carbocycles. The van der Waals surface area contributed by atoms with Crippen molar-refractivity contribution in [2.24, 2.45) is 5.41 Å². The second-order valence-electron chi connectivity index (χ2n) is 10.0. The zero-order chi connectivity index (χ0) is 27.4. The fraction of sp³-hybridized carbons (Fsp3) is 0.571. The summed E-state index contributed by atoms with van der Waals surface area (Å²) in [6, 6.07) is 13.0. The molecule has 0 fully saturated rings. The number of benzene rings is 2. The van der Waals surface area contributed by atoms with Crippen LogP contribution in [0.1, 0.15) is 27.7 Å². The summed E-state index contributed by atoms with van der Waals surface area (Å²) < 4.78 is 56.3. The monoisotopic (exact) mass is 551 g/mol. The number of nitrogens with zero attached hydrogens (tertiary/aromatic N) is 1. The highest BCUT2D eigenvalue weighted by Gasteiger charge is 2.30. The molecule has 0 radical (unpaired) electrons. The van der Waals surface area contributed by atoms with E-state index in [0.717, 1.165) is 5.69 Å². The van der Waals surface area contributed by atoms with E-state index in [1.54, 1.807) is 11.7 Å². The van der Waals surface area contributed by atoms with Crippen molar-refractivity contribution in [3.63, 3.8) is 0 Å². The van der Waals surface area contributed by atoms with Crippen LogP contribution in [0.4, 0.5) is 5.69 Å². The Kier molecular flexibility index (Phi) is 11.6. The van der Waals surface area contributed by atoms with Gasteiger partial charge < -0.3 is 37.6 Å². The molecule has 0 bridgehead atoms. The van der Waals surface area contributed by atoms with Crippen LogP contribution in [0.2, 0.25) is 0 Å². The van der Waals surface area contributed by atoms with Gasteiger partial charge in [0, 0.05) is 25.0 Å². The van der Waals surface area contributed by atoms with Crippen LogP contribution in [0.25, 0.3) is 0 Å². The molecule has 0 N–H and O–H groups in total. The van der Waals surface area contributed by atoms with E-state index >= 15 is 0 Å². The molecule has 0 amide bonds. The van der Waals surface area contributed by atoms with E-state index in [4.69, 9.17) is 32.9 Å². The molecule has 1 heterocycles. The predicted octanol–water partition coefficient (Wildman–Crippen LogP) is 5.66. The Labute approximate surface area is 226 Å². The largest absolute Gasteiger partial charge is 0.487 e. The molecule has 10 heteroatoms. The summed E-state index contributed by atoms with van der Waals surface area (Å²) in [5.41, 5.74) is 0.619. The molecule has 2 aromatic rings. The van der Waals surface area contributed by atoms with Gasteiger partial charge in [0.05, 0.1) is 33.0 Å². The summed E-state index contributed by atoms with van der Waals surface area (Å²) in [5.74, 6) is 2.44. The molecule has 38 heavy (non-hydrogen) atoms. The van der Waals surface area contributed by atoms with E-state index in [0.29, 0.717) is 88.6 Å². The van der Waals surface area contributed by atoms with E-state index in [9.17, 15) is 4.57 Å². The number of rotatable bonds is 5. The quantitative estimate of drug-likeness (QED) is 0.437. The average molecular weight is 552 g/mol. The van der Waals surface area contributed by atoms with Gasteiger partial charge in [-0.25, -0.2) is 0 Å². The Morgan fingerprint density at radius 1 is 0.763 bits per heavy atom. The lowest BCUT2D eigenvalue weighted by Gasteiger charge is -2.31. The highest BCUT2D eigenvalue weighted by Crippen LogP contribution is 2.53. The highest BCUT2D eigenvalue weighted by atomic mass is 31.2. The number of ether oxygens (including phenoxy) is 6. The minimum absolute atomic E-state index is 0.0983. The van der Waals surface area contributed by atoms with Crippen molar-refractivity contribution >= 4 is 13.2 Å². The number of hydrogen-bond donors (Lipinski definition) is 0. The molecule has 1 aliphatic heterocycles. The third-order valence-electron chi connectivity index (χ3n) is 5.65. The zero-order valence-corrected chi connectivity index (χ0v) is 24.2. The lowest BCUT2D eigenvalue weighted by Crippen LogP contribution is -2.22. The Balaban J connectivity index is 1.68. The third-order valence-corrected chi connectivity index (χ3v) is 8.12. The SMILES string of the molecule is CCP(=O)(OCC(C)(C)C)N(C)c1ccc2c(c1)OCCOCCOc1ccccc1OCCOCCO2. The van der Waals surface area contributed by atoms with Gasteiger partial charge in [0.1, 0.15) is 26.4 Å². The molecule has 1 aliphatic rings. The third kappa shape index (κ3) is 9.38. The molecule has 0 saturated heterocycles. The summed E-state index contributed by atoms with van der Waals surface area (Å²) >= 11 is 0. The smallest absolute Gasteiger partial charge is 0.295 e. The molecule has 0 aromatic heterocycles. The molecule has 212 valence electrons. The van der Waals surface area contributed by atoms with Crippen molar-refractivity contribution in [1.29, 1.82) is 0 Å². The number of para-hydroxylation sites is 2. The van der Waals surface area contributed by atoms with Gasteiger partial charge in [0.25, 0.3) is 7.52 Å². The van der Waals surface area contributed by atoms with Crippen molar-refractivity contribution in [1.82, 2.24) is 0 Å². The van der Waals surface area contributed by atoms with Gasteiger partial charge in [-0.2, -0.15) is 0 Å². The van der Waals surface area contributed by atoms with Crippen molar-refractivity contribution in [3.8, 4) is 23.0 Å². The van der Waals surface area contributed by atoms with Crippen molar-refractivity contribution in [2.45, 2.75) is 27.7 Å². The van der Waals surface area contributed by atoms with Crippen LogP contribution in [0.5, 0.6) is 23.0 Å². The number of anilines is 1. The first kappa shape index (κ1) is 30.1. The van der Waals surface area contributed by atoms with Crippen LogP contribution in [0, 0.1) is 5.41 Å². The Morgan fingerprint density at radius 3 is 1.71 bits per heavy atom. The van der Waals surface area contributed by atoms with Crippen LogP contribution in [0.3, 0.4) is 0 Å². The highest BCUT2D eigenvalue weighted by molar-refractivity contribution is 7.60. The van der Waals surface area contributed by atoms with E-state index in [1.807, 2.05) is 49.4 Å². The van der Waals surface area contributed by atoms with Gasteiger partial charge in [0.2, 0.25) is 0 Å². The van der Waals surface area contributed by atoms with E-state index in [2.05, 4.69) is 20.8 Å². The average Bonchev–Trinajstić information content (AvgIpc) is 2.90. The van der Waals surface area contributed by atoms with Crippen molar-refractivity contribution in [2.75, 3.05) is 77.3 Å². The van der Waals surface area contributed by atoms with Crippen molar-refractivity contribution < 1.29 is 37.5 Å². The lowest BCUT2D eigenvalue weighted by molar-refractivity contribution is 0.0640. The first-order valence-electron chi connectivity index (χ1n) is 13.1. The van der Waals surface area contributed by atoms with Crippen LogP contribution in [-0.4, -0.2) is 72.7 Å². The molecule has 0 spiro atoms. The standard InChI is InChI=1S/C28H42NO8P/c1-6-38(30,37-22-28(2,3)4)29(5)23-11-12-26-27(21-23)36-20-16-32-14-18-34-25-10-8-7-9-24(25)33-17-13-31-15-19-35-26/h7-12,21H,6,13-20,22H2,1-5H3. The summed E-state index contributed by atoms with van der Waals surface area (Å²) in [6.07, 6.45) is 0.384. The topological polar surface area (TPSA) is 84.9 Å². The maximum Gasteiger partial charge on any atom is 0.295 e. The summed E-state index contributed by atoms with van der Waals surface area (Å²) in [4.78, 5) is 0. The Hall–Kier alpha value is -2.45. The molecule has 3 rings (SSSR count). The van der Waals surface area contributed by atoms with E-state index in [1.165, 1.54) is 0 Å². The first-order chi connectivity index (χ1) is 18.2. The van der Waals surface area contributed by atoms with Crippen LogP contribution < -0.4 is 23.6 Å². The fourth-order valence-electron chi connectivity index (χ4n) is 3.53. The molecular weight excluding hydrogens is 509 g/mol. The summed E-state index contributed by atoms with van der Waals surface area (Å²) in [6.45, 7) is 11.4. The van der Waals surface area contributed by atoms with E-state index in [-0.39, 0.29) is 5.41 Å². The molecule has 0 saturated carbocycles. The summed E-state index contributed by atoms with van der Waals surface area (Å²) in [5, 5.41) is 0. The normalized spacial score (nSPS) is 17.5. The maximum absolute atomic E-state index is 13.6. The van der Waals surface area contributed by atoms with Gasteiger partial charge in [-0.15, -0.1) is 0 Å². The van der Waals surface area contributed by atoms with Gasteiger partial charge in [-0.1, -0.05) is 39.8 Å². The second-order valence-corrected chi connectivity index (χ2v) is 12.8. The van der Waals surface area contributed by atoms with E-state index < -0.39 is 7.52 Å². The minimum atomic E-state index is -3.08. The van der Waals surface area contributed by atoms with Gasteiger partial charge in [-0.05, 0) is 29.7 Å². The Bertz CT molecular complexity index is 1040. The minimum Gasteiger partial charge on any atom is -0.487 e. The van der Waals surface area contributed by atoms with Crippen LogP contribution in [0.15, 0.2) is 42.5 Å². The summed E-state index contributed by atoms with van der Waals surface area (Å²) in [7, 11) is -1.29. The second kappa shape index (κ2) is 14.6. The lowest BCUT2D eigenvalue weighted by atomic mass is 9.99. The molecule has 9 nitrogen and oxygen atoms in total. The Morgan fingerprint density at radius 2 is 1.24 bits per heavy atom. The molecule has 2 aromatic carbocycles. The number of hydrogen-bond acceptors (Lipinski definition) is 8. The van der Waals surface area contributed by atoms with Crippen LogP contribution >= 0.6 is 7.52 Å². The number of fused-ring (bicyclic) bond motifs is 2. The van der Waals surface area contributed by atoms with Crippen molar-refractivity contribution in [3.05, 3.63) is 42.5 Å². The molecule has 1 atom stereocenters. The van der Waals surface area contributed by atoms with Gasteiger partial charge in [0.15, 0.2) is 23.0 Å². The predicted molar refractivity (Wildman–Crippen MR) is 148 cm³/mol. The first-order valence-corrected chi connectivity index (χ1v) is 14.9. The van der Waals surface area contributed by atoms with Crippen LogP contribution in [-0.2, 0) is 18.6 Å². The molecular formula is C28H42NO8P. The molecule has 1 unspecified atom stereocenters. The van der Waals surface area contributed by atoms with Gasteiger partial charge >= 0.3 is 0 Å². The van der Waals surface area contributed by atoms with Gasteiger partial charge in [-0.3, -0.25) is 4.57 Å². The fourth-order valence-corrected chi connectivity index (χ4v) is 5.37. The maximum atomic E-state index is 13.6.